The first-order valence-corrected chi connectivity index (χ1v) is 9.27. The summed E-state index contributed by atoms with van der Waals surface area (Å²) in [7, 11) is 0. The zero-order valence-electron chi connectivity index (χ0n) is 17.1. The summed E-state index contributed by atoms with van der Waals surface area (Å²) >= 11 is 0. The normalized spacial score (nSPS) is 12.1. The number of ether oxygens (including phenoxy) is 1. The second-order valence-corrected chi connectivity index (χ2v) is 7.68. The quantitative estimate of drug-likeness (QED) is 0.614. The number of nitrogens with one attached hydrogen (secondary N) is 1. The molecule has 0 spiro atoms. The fourth-order valence-electron chi connectivity index (χ4n) is 2.98. The molecule has 0 aliphatic heterocycles. The molecule has 0 saturated heterocycles. The molecule has 0 aromatic heterocycles. The third-order valence-electron chi connectivity index (χ3n) is 4.99. The van der Waals surface area contributed by atoms with Crippen LogP contribution in [0, 0.1) is 0 Å². The van der Waals surface area contributed by atoms with E-state index in [4.69, 9.17) is 9.84 Å². The van der Waals surface area contributed by atoms with Crippen molar-refractivity contribution in [2.24, 2.45) is 0 Å². The van der Waals surface area contributed by atoms with Gasteiger partial charge in [0.15, 0.2) is 0 Å². The third-order valence-corrected chi connectivity index (χ3v) is 4.99. The minimum Gasteiger partial charge on any atom is -0.488 e. The molecule has 0 radical (unpaired) electrons. The highest BCUT2D eigenvalue weighted by molar-refractivity contribution is 5.64. The van der Waals surface area contributed by atoms with E-state index in [1.54, 1.807) is 0 Å². The molecule has 0 heterocycles. The lowest BCUT2D eigenvalue weighted by atomic mass is 9.78. The highest BCUT2D eigenvalue weighted by Crippen LogP contribution is 2.31. The maximum Gasteiger partial charge on any atom is 0.404 e. The van der Waals surface area contributed by atoms with Gasteiger partial charge in [-0.05, 0) is 42.7 Å². The molecule has 2 aromatic rings. The molecule has 1 unspecified atom stereocenters. The molecular formula is C24H29NO3. The first-order valence-electron chi connectivity index (χ1n) is 9.27. The minimum absolute atomic E-state index is 0.173. The van der Waals surface area contributed by atoms with Crippen molar-refractivity contribution in [3.05, 3.63) is 78.4 Å². The average Bonchev–Trinajstić information content (AvgIpc) is 2.65. The Morgan fingerprint density at radius 1 is 1.00 bits per heavy atom. The summed E-state index contributed by atoms with van der Waals surface area (Å²) < 4.78 is 6.22. The van der Waals surface area contributed by atoms with Gasteiger partial charge in [-0.3, -0.25) is 0 Å². The van der Waals surface area contributed by atoms with Crippen LogP contribution in [0.15, 0.2) is 61.7 Å². The monoisotopic (exact) mass is 379 g/mol. The van der Waals surface area contributed by atoms with Crippen LogP contribution >= 0.6 is 0 Å². The fraction of sp³-hybridized carbons (Fsp3) is 0.292. The van der Waals surface area contributed by atoms with Crippen LogP contribution in [0.2, 0.25) is 0 Å². The minimum atomic E-state index is -1.07. The van der Waals surface area contributed by atoms with E-state index in [0.717, 1.165) is 27.8 Å². The van der Waals surface area contributed by atoms with Gasteiger partial charge in [-0.1, -0.05) is 74.5 Å². The Balaban J connectivity index is 2.30. The Labute approximate surface area is 167 Å². The van der Waals surface area contributed by atoms with Crippen LogP contribution in [-0.2, 0) is 5.41 Å². The Morgan fingerprint density at radius 2 is 1.46 bits per heavy atom. The molecule has 2 rings (SSSR count). The molecule has 28 heavy (non-hydrogen) atoms. The van der Waals surface area contributed by atoms with Gasteiger partial charge in [-0.15, -0.1) is 0 Å². The second kappa shape index (κ2) is 8.79. The van der Waals surface area contributed by atoms with Crippen LogP contribution in [0.1, 0.15) is 44.4 Å². The maximum absolute atomic E-state index is 11.1. The zero-order chi connectivity index (χ0) is 20.9. The highest BCUT2D eigenvalue weighted by atomic mass is 16.5. The van der Waals surface area contributed by atoms with Gasteiger partial charge in [0.25, 0.3) is 0 Å². The smallest absolute Gasteiger partial charge is 0.404 e. The molecule has 1 amide bonds. The summed E-state index contributed by atoms with van der Waals surface area (Å²) in [6, 6.07) is 15.8. The van der Waals surface area contributed by atoms with E-state index in [2.05, 4.69) is 32.3 Å². The van der Waals surface area contributed by atoms with Crippen molar-refractivity contribution in [3.63, 3.8) is 0 Å². The van der Waals surface area contributed by atoms with Crippen LogP contribution in [0.4, 0.5) is 4.79 Å². The van der Waals surface area contributed by atoms with E-state index >= 15 is 0 Å². The van der Waals surface area contributed by atoms with Gasteiger partial charge < -0.3 is 15.2 Å². The summed E-state index contributed by atoms with van der Waals surface area (Å²) in [5.41, 5.74) is 4.74. The SMILES string of the molecule is C=C(C)c1ccc(OC(CNC(=O)O)C(C)(C)c2ccc(C(=C)C)cc2)cc1. The number of amides is 1. The largest absolute Gasteiger partial charge is 0.488 e. The van der Waals surface area contributed by atoms with E-state index in [0.29, 0.717) is 5.75 Å². The predicted octanol–water partition coefficient (Wildman–Crippen LogP) is 5.75. The number of hydrogen-bond acceptors (Lipinski definition) is 2. The number of carbonyl (C=O) groups is 1. The molecule has 0 aliphatic rings. The van der Waals surface area contributed by atoms with Crippen molar-refractivity contribution in [2.75, 3.05) is 6.54 Å². The molecular weight excluding hydrogens is 350 g/mol. The van der Waals surface area contributed by atoms with Crippen molar-refractivity contribution in [3.8, 4) is 5.75 Å². The molecule has 0 saturated carbocycles. The van der Waals surface area contributed by atoms with Crippen molar-refractivity contribution < 1.29 is 14.6 Å². The molecule has 0 bridgehead atoms. The molecule has 4 nitrogen and oxygen atoms in total. The standard InChI is InChI=1S/C24H29NO3/c1-16(2)18-7-11-20(12-8-18)24(5,6)22(15-25-23(26)27)28-21-13-9-19(10-14-21)17(3)4/h7-14,22,25H,1,3,15H2,2,4-6H3,(H,26,27). The summed E-state index contributed by atoms with van der Waals surface area (Å²) in [6.45, 7) is 16.1. The van der Waals surface area contributed by atoms with Crippen LogP contribution in [0.3, 0.4) is 0 Å². The van der Waals surface area contributed by atoms with E-state index < -0.39 is 17.6 Å². The van der Waals surface area contributed by atoms with Crippen molar-refractivity contribution in [1.82, 2.24) is 5.32 Å². The Kier molecular flexibility index (Phi) is 6.68. The summed E-state index contributed by atoms with van der Waals surface area (Å²) in [6.07, 6.45) is -1.46. The summed E-state index contributed by atoms with van der Waals surface area (Å²) in [5.74, 6) is 0.689. The van der Waals surface area contributed by atoms with Crippen molar-refractivity contribution >= 4 is 17.2 Å². The van der Waals surface area contributed by atoms with Gasteiger partial charge in [-0.2, -0.15) is 0 Å². The predicted molar refractivity (Wildman–Crippen MR) is 116 cm³/mol. The fourth-order valence-corrected chi connectivity index (χ4v) is 2.98. The lowest BCUT2D eigenvalue weighted by Crippen LogP contribution is -2.46. The summed E-state index contributed by atoms with van der Waals surface area (Å²) in [4.78, 5) is 11.1. The molecule has 0 aliphatic carbocycles. The van der Waals surface area contributed by atoms with Crippen LogP contribution < -0.4 is 10.1 Å². The lowest BCUT2D eigenvalue weighted by Gasteiger charge is -2.35. The molecule has 2 N–H and O–H groups in total. The van der Waals surface area contributed by atoms with Crippen molar-refractivity contribution in [2.45, 2.75) is 39.2 Å². The third kappa shape index (κ3) is 5.26. The molecule has 0 fully saturated rings. The van der Waals surface area contributed by atoms with E-state index in [9.17, 15) is 4.79 Å². The van der Waals surface area contributed by atoms with Gasteiger partial charge >= 0.3 is 6.09 Å². The first kappa shape index (κ1) is 21.3. The van der Waals surface area contributed by atoms with Gasteiger partial charge in [-0.25, -0.2) is 4.79 Å². The van der Waals surface area contributed by atoms with Gasteiger partial charge in [0.1, 0.15) is 11.9 Å². The van der Waals surface area contributed by atoms with E-state index in [-0.39, 0.29) is 6.54 Å². The number of hydrogen-bond donors (Lipinski definition) is 2. The molecule has 148 valence electrons. The van der Waals surface area contributed by atoms with Gasteiger partial charge in [0.05, 0.1) is 6.54 Å². The van der Waals surface area contributed by atoms with E-state index in [1.807, 2.05) is 62.4 Å². The van der Waals surface area contributed by atoms with Gasteiger partial charge in [0.2, 0.25) is 0 Å². The number of allylic oxidation sites excluding steroid dienone is 2. The highest BCUT2D eigenvalue weighted by Gasteiger charge is 2.33. The molecule has 2 aromatic carbocycles. The topological polar surface area (TPSA) is 58.6 Å². The van der Waals surface area contributed by atoms with Gasteiger partial charge in [0, 0.05) is 5.41 Å². The van der Waals surface area contributed by atoms with E-state index in [1.165, 1.54) is 0 Å². The average molecular weight is 380 g/mol. The maximum atomic E-state index is 11.1. The summed E-state index contributed by atoms with van der Waals surface area (Å²) in [5, 5.41) is 11.5. The Hall–Kier alpha value is -3.01. The second-order valence-electron chi connectivity index (χ2n) is 7.68. The number of rotatable bonds is 8. The Morgan fingerprint density at radius 3 is 1.89 bits per heavy atom. The van der Waals surface area contributed by atoms with Crippen LogP contribution in [0.25, 0.3) is 11.1 Å². The number of carboxylic acid groups (broad SMARTS) is 1. The van der Waals surface area contributed by atoms with Crippen LogP contribution in [-0.4, -0.2) is 23.8 Å². The lowest BCUT2D eigenvalue weighted by molar-refractivity contribution is 0.119. The molecule has 1 atom stereocenters. The van der Waals surface area contributed by atoms with Crippen LogP contribution in [0.5, 0.6) is 5.75 Å². The Bertz CT molecular complexity index is 848. The first-order chi connectivity index (χ1) is 13.1. The molecule has 4 heteroatoms. The zero-order valence-corrected chi connectivity index (χ0v) is 17.1. The number of benzene rings is 2. The van der Waals surface area contributed by atoms with Crippen molar-refractivity contribution in [1.29, 1.82) is 0 Å².